The largest absolute Gasteiger partial charge is 0.378 e. The van der Waals surface area contributed by atoms with E-state index in [-0.39, 0.29) is 43.7 Å². The van der Waals surface area contributed by atoms with Crippen LogP contribution in [0.4, 0.5) is 16.6 Å². The van der Waals surface area contributed by atoms with Gasteiger partial charge in [0.15, 0.2) is 5.13 Å². The summed E-state index contributed by atoms with van der Waals surface area (Å²) in [7, 11) is 1.51. The second kappa shape index (κ2) is 27.7. The predicted octanol–water partition coefficient (Wildman–Crippen LogP) is 1.99. The molecule has 0 saturated heterocycles. The Morgan fingerprint density at radius 1 is 0.857 bits per heavy atom. The van der Waals surface area contributed by atoms with Crippen molar-refractivity contribution in [3.05, 3.63) is 64.8 Å². The molecule has 0 aliphatic rings. The quantitative estimate of drug-likeness (QED) is 0.0467. The molecule has 18 heteroatoms. The van der Waals surface area contributed by atoms with Gasteiger partial charge in [0.2, 0.25) is 24.1 Å². The van der Waals surface area contributed by atoms with Gasteiger partial charge in [-0.15, -0.1) is 11.3 Å². The molecule has 4 amide bonds. The molecule has 0 spiro atoms. The maximum absolute atomic E-state index is 12.7. The van der Waals surface area contributed by atoms with Crippen LogP contribution < -0.4 is 26.6 Å². The van der Waals surface area contributed by atoms with Gasteiger partial charge >= 0.3 is 0 Å². The minimum absolute atomic E-state index is 0.0462. The van der Waals surface area contributed by atoms with E-state index in [9.17, 15) is 24.0 Å². The molecule has 56 heavy (non-hydrogen) atoms. The highest BCUT2D eigenvalue weighted by molar-refractivity contribution is 7.13. The fourth-order valence-corrected chi connectivity index (χ4v) is 5.67. The number of benzene rings is 1. The summed E-state index contributed by atoms with van der Waals surface area (Å²) in [6.45, 7) is 6.06. The number of aldehydes is 1. The number of hydrogen-bond donors (Lipinski definition) is 5. The van der Waals surface area contributed by atoms with Gasteiger partial charge in [0.25, 0.3) is 0 Å². The zero-order valence-corrected chi connectivity index (χ0v) is 32.9. The first kappa shape index (κ1) is 45.5. The molecule has 0 aliphatic heterocycles. The fraction of sp³-hybridized carbons (Fsp3) is 0.500. The summed E-state index contributed by atoms with van der Waals surface area (Å²) in [5, 5.41) is 17.1. The third-order valence-corrected chi connectivity index (χ3v) is 8.85. The van der Waals surface area contributed by atoms with Gasteiger partial charge < -0.3 is 55.2 Å². The number of nitrogens with zero attached hydrogens (tertiary/aromatic N) is 3. The first-order chi connectivity index (χ1) is 27.3. The summed E-state index contributed by atoms with van der Waals surface area (Å²) in [6.07, 6.45) is 4.11. The summed E-state index contributed by atoms with van der Waals surface area (Å²) < 4.78 is 22.1. The van der Waals surface area contributed by atoms with Gasteiger partial charge in [-0.2, -0.15) is 0 Å². The van der Waals surface area contributed by atoms with Crippen LogP contribution in [0, 0.1) is 6.92 Å². The van der Waals surface area contributed by atoms with Crippen molar-refractivity contribution in [1.29, 1.82) is 0 Å². The molecule has 5 N–H and O–H groups in total. The van der Waals surface area contributed by atoms with Crippen molar-refractivity contribution < 1.29 is 42.9 Å². The van der Waals surface area contributed by atoms with Gasteiger partial charge in [0, 0.05) is 62.5 Å². The van der Waals surface area contributed by atoms with Crippen molar-refractivity contribution in [1.82, 2.24) is 30.8 Å². The molecule has 3 rings (SSSR count). The third-order valence-electron chi connectivity index (χ3n) is 8.17. The lowest BCUT2D eigenvalue weighted by molar-refractivity contribution is -0.127. The fourth-order valence-electron chi connectivity index (χ4n) is 5.14. The molecule has 3 aromatic rings. The van der Waals surface area contributed by atoms with E-state index in [1.807, 2.05) is 36.6 Å². The van der Waals surface area contributed by atoms with Crippen molar-refractivity contribution in [3.63, 3.8) is 0 Å². The average molecular weight is 799 g/mol. The minimum atomic E-state index is -0.776. The smallest absolute Gasteiger partial charge is 0.238 e. The Morgan fingerprint density at radius 2 is 1.55 bits per heavy atom. The molecule has 306 valence electrons. The number of nitrogens with one attached hydrogen (secondary N) is 5. The Bertz CT molecular complexity index is 1620. The zero-order valence-electron chi connectivity index (χ0n) is 32.1. The molecule has 1 atom stereocenters. The topological polar surface area (TPSA) is 211 Å². The molecule has 2 heterocycles. The molecule has 0 aliphatic carbocycles. The lowest BCUT2D eigenvalue weighted by atomic mass is 10.0. The van der Waals surface area contributed by atoms with Crippen LogP contribution in [-0.4, -0.2) is 131 Å². The Balaban J connectivity index is 1.13. The van der Waals surface area contributed by atoms with Crippen molar-refractivity contribution >= 4 is 58.4 Å². The summed E-state index contributed by atoms with van der Waals surface area (Å²) >= 11 is 1.49. The van der Waals surface area contributed by atoms with Crippen LogP contribution in [-0.2, 0) is 55.9 Å². The first-order valence-electron chi connectivity index (χ1n) is 18.5. The number of anilines is 3. The number of carbonyl (C=O) groups is 5. The van der Waals surface area contributed by atoms with Gasteiger partial charge in [-0.1, -0.05) is 18.2 Å². The van der Waals surface area contributed by atoms with E-state index >= 15 is 0 Å². The van der Waals surface area contributed by atoms with E-state index in [0.29, 0.717) is 109 Å². The van der Waals surface area contributed by atoms with Crippen LogP contribution in [0.5, 0.6) is 0 Å². The second-order valence-corrected chi connectivity index (χ2v) is 13.2. The van der Waals surface area contributed by atoms with E-state index < -0.39 is 6.04 Å². The summed E-state index contributed by atoms with van der Waals surface area (Å²) in [4.78, 5) is 70.1. The molecule has 0 fully saturated rings. The summed E-state index contributed by atoms with van der Waals surface area (Å²) in [5.41, 5.74) is 2.90. The first-order valence-corrected chi connectivity index (χ1v) is 19.4. The maximum Gasteiger partial charge on any atom is 0.238 e. The van der Waals surface area contributed by atoms with E-state index in [1.165, 1.54) is 23.3 Å². The maximum atomic E-state index is 12.7. The molecule has 1 unspecified atom stereocenters. The van der Waals surface area contributed by atoms with Gasteiger partial charge in [0.1, 0.15) is 12.1 Å². The number of aryl methyl sites for hydroxylation is 2. The van der Waals surface area contributed by atoms with Crippen LogP contribution in [0.15, 0.2) is 48.0 Å². The van der Waals surface area contributed by atoms with Crippen LogP contribution in [0.3, 0.4) is 0 Å². The summed E-state index contributed by atoms with van der Waals surface area (Å²) in [6, 6.07) is 10.3. The number of hydrogen-bond acceptors (Lipinski definition) is 14. The van der Waals surface area contributed by atoms with Crippen molar-refractivity contribution in [3.8, 4) is 0 Å². The number of carbonyl (C=O) groups excluding carboxylic acids is 5. The van der Waals surface area contributed by atoms with Gasteiger partial charge in [-0.25, -0.2) is 9.97 Å². The molecular formula is C38H54N8O9S. The average Bonchev–Trinajstić information content (AvgIpc) is 3.72. The Hall–Kier alpha value is -4.85. The number of aromatic nitrogens is 2. The molecule has 0 radical (unpaired) electrons. The van der Waals surface area contributed by atoms with Crippen molar-refractivity contribution in [2.24, 2.45) is 0 Å². The van der Waals surface area contributed by atoms with Gasteiger partial charge in [-0.05, 0) is 49.1 Å². The lowest BCUT2D eigenvalue weighted by Gasteiger charge is -2.26. The second-order valence-electron chi connectivity index (χ2n) is 12.3. The monoisotopic (exact) mass is 798 g/mol. The number of rotatable bonds is 31. The molecule has 2 aromatic heterocycles. The van der Waals surface area contributed by atoms with Crippen molar-refractivity contribution in [2.75, 3.05) is 90.2 Å². The van der Waals surface area contributed by atoms with E-state index in [4.69, 9.17) is 18.9 Å². The molecule has 0 bridgehead atoms. The van der Waals surface area contributed by atoms with Crippen LogP contribution in [0.1, 0.15) is 36.1 Å². The normalized spacial score (nSPS) is 11.4. The Morgan fingerprint density at radius 3 is 2.21 bits per heavy atom. The molecule has 0 saturated carbocycles. The zero-order chi connectivity index (χ0) is 40.2. The molecule has 1 aromatic carbocycles. The van der Waals surface area contributed by atoms with Crippen LogP contribution in [0.25, 0.3) is 0 Å². The van der Waals surface area contributed by atoms with E-state index in [1.54, 1.807) is 18.3 Å². The highest BCUT2D eigenvalue weighted by Crippen LogP contribution is 2.23. The predicted molar refractivity (Wildman–Crippen MR) is 212 cm³/mol. The number of ether oxygens (including phenoxy) is 4. The molecular weight excluding hydrogens is 745 g/mol. The highest BCUT2D eigenvalue weighted by atomic mass is 32.1. The highest BCUT2D eigenvalue weighted by Gasteiger charge is 2.20. The summed E-state index contributed by atoms with van der Waals surface area (Å²) in [5.74, 6) is 0.134. The standard InChI is InChI=1S/C38H54N8O9S/c1-29-5-3-7-33(32(29)26-46(28-48)31(27-47)10-12-35(49)39-2)44-37(51)25-40-13-16-52-18-20-54-22-23-55-21-19-53-17-14-41-36(50)11-9-30-6-4-8-34(43-30)45-38-42-15-24-56-38/h3-8,15,24,27-28,31,40H,9-14,16-23,25-26H2,1-2H3,(H,39,49)(H,41,50)(H,44,51)(H,42,43,45). The van der Waals surface area contributed by atoms with Crippen LogP contribution >= 0.6 is 11.3 Å². The number of thiazole rings is 1. The van der Waals surface area contributed by atoms with Crippen LogP contribution in [0.2, 0.25) is 0 Å². The van der Waals surface area contributed by atoms with E-state index in [0.717, 1.165) is 16.4 Å². The number of pyridine rings is 1. The van der Waals surface area contributed by atoms with Gasteiger partial charge in [-0.3, -0.25) is 19.2 Å². The van der Waals surface area contributed by atoms with Crippen molar-refractivity contribution in [2.45, 2.75) is 45.2 Å². The van der Waals surface area contributed by atoms with Gasteiger partial charge in [0.05, 0.1) is 65.4 Å². The van der Waals surface area contributed by atoms with E-state index in [2.05, 4.69) is 36.6 Å². The minimum Gasteiger partial charge on any atom is -0.378 e. The number of amides is 4. The Labute approximate surface area is 331 Å². The lowest BCUT2D eigenvalue weighted by Crippen LogP contribution is -2.36. The SMILES string of the molecule is CNC(=O)CCC(C=O)N(C=O)Cc1c(C)cccc1NC(=O)CNCCOCCOCCOCCOCCNC(=O)CCc1cccc(Nc2nccs2)n1. The third kappa shape index (κ3) is 18.7. The molecule has 17 nitrogen and oxygen atoms in total. The Kier molecular flexibility index (Phi) is 22.5.